The van der Waals surface area contributed by atoms with Gasteiger partial charge in [-0.05, 0) is 50.2 Å². The number of nitrogens with one attached hydrogen (secondary N) is 1. The van der Waals surface area contributed by atoms with Gasteiger partial charge in [0, 0.05) is 22.6 Å². The van der Waals surface area contributed by atoms with Gasteiger partial charge in [-0.1, -0.05) is 35.1 Å². The molecule has 0 aliphatic heterocycles. The maximum atomic E-state index is 6.30. The first kappa shape index (κ1) is 18.5. The molecule has 0 saturated heterocycles. The van der Waals surface area contributed by atoms with Gasteiger partial charge in [0.25, 0.3) is 0 Å². The first-order valence-corrected chi connectivity index (χ1v) is 9.94. The molecule has 2 aromatic heterocycles. The summed E-state index contributed by atoms with van der Waals surface area (Å²) in [6.07, 6.45) is 1.82. The van der Waals surface area contributed by atoms with Crippen molar-refractivity contribution in [1.82, 2.24) is 9.55 Å². The van der Waals surface area contributed by atoms with Crippen molar-refractivity contribution in [2.75, 3.05) is 12.5 Å². The lowest BCUT2D eigenvalue weighted by Gasteiger charge is -2.11. The first-order chi connectivity index (χ1) is 13.6. The fourth-order valence-electron chi connectivity index (χ4n) is 3.19. The van der Waals surface area contributed by atoms with Crippen LogP contribution in [0.3, 0.4) is 0 Å². The van der Waals surface area contributed by atoms with Gasteiger partial charge < -0.3 is 9.30 Å². The van der Waals surface area contributed by atoms with Gasteiger partial charge in [-0.25, -0.2) is 4.98 Å². The van der Waals surface area contributed by atoms with Crippen LogP contribution in [0.5, 0.6) is 5.75 Å². The summed E-state index contributed by atoms with van der Waals surface area (Å²) in [6.45, 7) is 4.12. The van der Waals surface area contributed by atoms with Crippen LogP contribution < -0.4 is 10.2 Å². The van der Waals surface area contributed by atoms with Crippen LogP contribution in [0.15, 0.2) is 53.6 Å². The van der Waals surface area contributed by atoms with Crippen molar-refractivity contribution in [3.63, 3.8) is 0 Å². The number of benzene rings is 2. The van der Waals surface area contributed by atoms with Crippen molar-refractivity contribution < 1.29 is 4.74 Å². The number of ether oxygens (including phenoxy) is 1. The van der Waals surface area contributed by atoms with Crippen molar-refractivity contribution in [1.29, 1.82) is 0 Å². The molecule has 0 saturated carbocycles. The second kappa shape index (κ2) is 7.66. The summed E-state index contributed by atoms with van der Waals surface area (Å²) in [6, 6.07) is 15.9. The quantitative estimate of drug-likeness (QED) is 0.333. The number of anilines is 1. The van der Waals surface area contributed by atoms with Crippen molar-refractivity contribution in [2.24, 2.45) is 5.10 Å². The minimum absolute atomic E-state index is 0.584. The molecule has 4 aromatic rings. The molecule has 1 N–H and O–H groups in total. The first-order valence-electron chi connectivity index (χ1n) is 8.74. The zero-order valence-corrected chi connectivity index (χ0v) is 17.3. The molecule has 0 radical (unpaired) electrons. The van der Waals surface area contributed by atoms with Crippen LogP contribution in [0.25, 0.3) is 15.9 Å². The maximum Gasteiger partial charge on any atom is 0.204 e. The third-order valence-corrected chi connectivity index (χ3v) is 5.76. The van der Waals surface area contributed by atoms with E-state index in [0.29, 0.717) is 10.8 Å². The molecule has 0 amide bonds. The van der Waals surface area contributed by atoms with E-state index in [2.05, 4.69) is 46.1 Å². The number of aromatic nitrogens is 2. The van der Waals surface area contributed by atoms with E-state index in [-0.39, 0.29) is 0 Å². The highest BCUT2D eigenvalue weighted by molar-refractivity contribution is 7.22. The van der Waals surface area contributed by atoms with E-state index in [0.717, 1.165) is 38.0 Å². The minimum atomic E-state index is 0.584. The van der Waals surface area contributed by atoms with Crippen LogP contribution in [0.2, 0.25) is 5.02 Å². The summed E-state index contributed by atoms with van der Waals surface area (Å²) in [5.74, 6) is 0.662. The molecule has 2 aromatic carbocycles. The number of halogens is 1. The molecule has 2 heterocycles. The van der Waals surface area contributed by atoms with E-state index < -0.39 is 0 Å². The number of rotatable bonds is 5. The van der Waals surface area contributed by atoms with Gasteiger partial charge in [-0.2, -0.15) is 5.10 Å². The Kier molecular flexibility index (Phi) is 5.07. The molecule has 0 aliphatic rings. The highest BCUT2D eigenvalue weighted by Gasteiger charge is 2.11. The van der Waals surface area contributed by atoms with Gasteiger partial charge in [-0.15, -0.1) is 0 Å². The monoisotopic (exact) mass is 410 g/mol. The average molecular weight is 411 g/mol. The zero-order chi connectivity index (χ0) is 19.7. The summed E-state index contributed by atoms with van der Waals surface area (Å²) >= 11 is 7.87. The summed E-state index contributed by atoms with van der Waals surface area (Å²) in [7, 11) is 1.61. The van der Waals surface area contributed by atoms with Crippen LogP contribution in [-0.4, -0.2) is 22.9 Å². The smallest absolute Gasteiger partial charge is 0.204 e. The van der Waals surface area contributed by atoms with Gasteiger partial charge in [0.15, 0.2) is 0 Å². The van der Waals surface area contributed by atoms with Crippen molar-refractivity contribution in [2.45, 2.75) is 13.8 Å². The molecule has 0 spiro atoms. The molecule has 0 bridgehead atoms. The third-order valence-electron chi connectivity index (χ3n) is 4.52. The summed E-state index contributed by atoms with van der Waals surface area (Å²) in [5.41, 5.74) is 8.19. The Morgan fingerprint density at radius 1 is 1.18 bits per heavy atom. The van der Waals surface area contributed by atoms with E-state index in [1.54, 1.807) is 18.4 Å². The number of aryl methyl sites for hydroxylation is 1. The standard InChI is InChI=1S/C21H19ClN4OS/c1-13-10-15(12-23-25-21-24-18-6-4-5-7-20(18)28-21)14(2)26(13)16-8-9-19(27-3)17(22)11-16/h4-12H,1-3H3,(H,24,25)/b23-12-. The number of hydrogen-bond donors (Lipinski definition) is 1. The second-order valence-corrected chi connectivity index (χ2v) is 7.78. The molecular formula is C21H19ClN4OS. The lowest BCUT2D eigenvalue weighted by Crippen LogP contribution is -2.00. The molecule has 28 heavy (non-hydrogen) atoms. The predicted molar refractivity (Wildman–Crippen MR) is 118 cm³/mol. The van der Waals surface area contributed by atoms with E-state index in [1.165, 1.54) is 0 Å². The average Bonchev–Trinajstić information content (AvgIpc) is 3.22. The van der Waals surface area contributed by atoms with E-state index in [4.69, 9.17) is 16.3 Å². The van der Waals surface area contributed by atoms with Crippen molar-refractivity contribution in [3.8, 4) is 11.4 Å². The molecular weight excluding hydrogens is 392 g/mol. The van der Waals surface area contributed by atoms with Crippen LogP contribution in [0.4, 0.5) is 5.13 Å². The Balaban J connectivity index is 1.58. The van der Waals surface area contributed by atoms with Crippen LogP contribution in [-0.2, 0) is 0 Å². The van der Waals surface area contributed by atoms with Gasteiger partial charge in [0.1, 0.15) is 5.75 Å². The minimum Gasteiger partial charge on any atom is -0.495 e. The number of hydrazone groups is 1. The zero-order valence-electron chi connectivity index (χ0n) is 15.7. The lowest BCUT2D eigenvalue weighted by atomic mass is 10.2. The lowest BCUT2D eigenvalue weighted by molar-refractivity contribution is 0.415. The highest BCUT2D eigenvalue weighted by Crippen LogP contribution is 2.29. The summed E-state index contributed by atoms with van der Waals surface area (Å²) < 4.78 is 8.52. The predicted octanol–water partition coefficient (Wildman–Crippen LogP) is 5.81. The maximum absolute atomic E-state index is 6.30. The number of thiazole rings is 1. The molecule has 7 heteroatoms. The third kappa shape index (κ3) is 3.48. The molecule has 0 aliphatic carbocycles. The van der Waals surface area contributed by atoms with E-state index in [1.807, 2.05) is 42.6 Å². The van der Waals surface area contributed by atoms with Gasteiger partial charge in [0.05, 0.1) is 28.6 Å². The molecule has 0 unspecified atom stereocenters. The Labute approximate surface area is 172 Å². The Hall–Kier alpha value is -2.83. The highest BCUT2D eigenvalue weighted by atomic mass is 35.5. The molecule has 5 nitrogen and oxygen atoms in total. The number of nitrogens with zero attached hydrogens (tertiary/aromatic N) is 3. The van der Waals surface area contributed by atoms with Gasteiger partial charge >= 0.3 is 0 Å². The van der Waals surface area contributed by atoms with E-state index >= 15 is 0 Å². The molecule has 0 fully saturated rings. The Bertz CT molecular complexity index is 1150. The second-order valence-electron chi connectivity index (χ2n) is 6.34. The van der Waals surface area contributed by atoms with Gasteiger partial charge in [-0.3, -0.25) is 5.43 Å². The van der Waals surface area contributed by atoms with Crippen molar-refractivity contribution >= 4 is 44.5 Å². The number of methoxy groups -OCH3 is 1. The summed E-state index contributed by atoms with van der Waals surface area (Å²) in [5, 5.41) is 5.73. The SMILES string of the molecule is COc1ccc(-n2c(C)cc(/C=N\Nc3nc4ccccc4s3)c2C)cc1Cl. The Morgan fingerprint density at radius 3 is 2.75 bits per heavy atom. The number of para-hydroxylation sites is 1. The molecule has 142 valence electrons. The fraction of sp³-hybridized carbons (Fsp3) is 0.143. The topological polar surface area (TPSA) is 51.4 Å². The Morgan fingerprint density at radius 2 is 2.00 bits per heavy atom. The van der Waals surface area contributed by atoms with Crippen LogP contribution in [0, 0.1) is 13.8 Å². The molecule has 0 atom stereocenters. The summed E-state index contributed by atoms with van der Waals surface area (Å²) in [4.78, 5) is 4.52. The number of hydrogen-bond acceptors (Lipinski definition) is 5. The molecule has 4 rings (SSSR count). The van der Waals surface area contributed by atoms with Crippen LogP contribution >= 0.6 is 22.9 Å². The normalized spacial score (nSPS) is 11.4. The van der Waals surface area contributed by atoms with Crippen molar-refractivity contribution in [3.05, 3.63) is 70.5 Å². The van der Waals surface area contributed by atoms with Gasteiger partial charge in [0.2, 0.25) is 5.13 Å². The van der Waals surface area contributed by atoms with E-state index in [9.17, 15) is 0 Å². The fourth-order valence-corrected chi connectivity index (χ4v) is 4.25. The van der Waals surface area contributed by atoms with Crippen LogP contribution in [0.1, 0.15) is 17.0 Å². The largest absolute Gasteiger partial charge is 0.495 e. The number of fused-ring (bicyclic) bond motifs is 1.